The second-order valence-corrected chi connectivity index (χ2v) is 6.41. The van der Waals surface area contributed by atoms with Crippen LogP contribution in [0.1, 0.15) is 17.3 Å². The molecule has 1 aliphatic rings. The Morgan fingerprint density at radius 1 is 1.56 bits per heavy atom. The van der Waals surface area contributed by atoms with Crippen LogP contribution in [0.4, 0.5) is 0 Å². The highest BCUT2D eigenvalue weighted by Gasteiger charge is 2.33. The standard InChI is InChI=1S/C11H12BrNO4S/c1-6-3-13(4-8(17-6)11(15)16)10(14)7-2-9(12)18-5-7/h2,5-6,8H,3-4H2,1H3,(H,15,16)/t6-,8?/m1/s1. The van der Waals surface area contributed by atoms with Crippen LogP contribution in [0.3, 0.4) is 0 Å². The van der Waals surface area contributed by atoms with Crippen LogP contribution in [-0.2, 0) is 9.53 Å². The summed E-state index contributed by atoms with van der Waals surface area (Å²) in [7, 11) is 0. The first-order valence-electron chi connectivity index (χ1n) is 5.39. The summed E-state index contributed by atoms with van der Waals surface area (Å²) in [5.74, 6) is -1.19. The summed E-state index contributed by atoms with van der Waals surface area (Å²) in [5, 5.41) is 10.7. The van der Waals surface area contributed by atoms with Crippen LogP contribution in [0.15, 0.2) is 15.2 Å². The number of carboxylic acid groups (broad SMARTS) is 1. The number of aliphatic carboxylic acids is 1. The maximum absolute atomic E-state index is 12.2. The number of thiophene rings is 1. The van der Waals surface area contributed by atoms with E-state index in [4.69, 9.17) is 9.84 Å². The van der Waals surface area contributed by atoms with Crippen LogP contribution >= 0.6 is 27.3 Å². The molecule has 1 N–H and O–H groups in total. The van der Waals surface area contributed by atoms with Gasteiger partial charge in [0.15, 0.2) is 6.10 Å². The molecule has 0 bridgehead atoms. The van der Waals surface area contributed by atoms with Gasteiger partial charge in [-0.3, -0.25) is 4.79 Å². The quantitative estimate of drug-likeness (QED) is 0.896. The first kappa shape index (κ1) is 13.5. The van der Waals surface area contributed by atoms with E-state index < -0.39 is 12.1 Å². The van der Waals surface area contributed by atoms with E-state index >= 15 is 0 Å². The highest BCUT2D eigenvalue weighted by atomic mass is 79.9. The van der Waals surface area contributed by atoms with Crippen molar-refractivity contribution in [3.05, 3.63) is 20.8 Å². The van der Waals surface area contributed by atoms with Crippen LogP contribution in [0.25, 0.3) is 0 Å². The van der Waals surface area contributed by atoms with Crippen molar-refractivity contribution in [1.82, 2.24) is 4.90 Å². The summed E-state index contributed by atoms with van der Waals surface area (Å²) in [5.41, 5.74) is 0.574. The van der Waals surface area contributed by atoms with Gasteiger partial charge in [0.05, 0.1) is 22.0 Å². The molecule has 0 saturated carbocycles. The molecule has 7 heteroatoms. The van der Waals surface area contributed by atoms with Crippen molar-refractivity contribution in [2.45, 2.75) is 19.1 Å². The van der Waals surface area contributed by atoms with Crippen molar-refractivity contribution < 1.29 is 19.4 Å². The zero-order chi connectivity index (χ0) is 13.3. The van der Waals surface area contributed by atoms with Crippen LogP contribution in [-0.4, -0.2) is 47.2 Å². The van der Waals surface area contributed by atoms with Gasteiger partial charge in [0, 0.05) is 11.9 Å². The number of hydrogen-bond donors (Lipinski definition) is 1. The molecule has 1 amide bonds. The minimum atomic E-state index is -1.04. The van der Waals surface area contributed by atoms with Gasteiger partial charge in [-0.1, -0.05) is 0 Å². The number of carbonyl (C=O) groups excluding carboxylic acids is 1. The van der Waals surface area contributed by atoms with Crippen molar-refractivity contribution in [2.75, 3.05) is 13.1 Å². The molecule has 0 radical (unpaired) electrons. The Morgan fingerprint density at radius 3 is 2.83 bits per heavy atom. The van der Waals surface area contributed by atoms with E-state index in [-0.39, 0.29) is 18.6 Å². The molecule has 18 heavy (non-hydrogen) atoms. The van der Waals surface area contributed by atoms with Crippen molar-refractivity contribution in [3.8, 4) is 0 Å². The third-order valence-electron chi connectivity index (χ3n) is 2.64. The summed E-state index contributed by atoms with van der Waals surface area (Å²) in [6.45, 7) is 2.26. The highest BCUT2D eigenvalue weighted by molar-refractivity contribution is 9.11. The van der Waals surface area contributed by atoms with Gasteiger partial charge in [0.2, 0.25) is 0 Å². The monoisotopic (exact) mass is 333 g/mol. The van der Waals surface area contributed by atoms with Crippen molar-refractivity contribution in [1.29, 1.82) is 0 Å². The number of ether oxygens (including phenoxy) is 1. The average molecular weight is 334 g/mol. The first-order valence-corrected chi connectivity index (χ1v) is 7.06. The van der Waals surface area contributed by atoms with Gasteiger partial charge in [0.25, 0.3) is 5.91 Å². The van der Waals surface area contributed by atoms with E-state index in [1.54, 1.807) is 18.4 Å². The zero-order valence-corrected chi connectivity index (χ0v) is 12.0. The number of carboxylic acids is 1. The number of amides is 1. The van der Waals surface area contributed by atoms with E-state index in [9.17, 15) is 9.59 Å². The number of morpholine rings is 1. The lowest BCUT2D eigenvalue weighted by Gasteiger charge is -2.34. The number of carbonyl (C=O) groups is 2. The fraction of sp³-hybridized carbons (Fsp3) is 0.455. The van der Waals surface area contributed by atoms with Crippen LogP contribution in [0.2, 0.25) is 0 Å². The summed E-state index contributed by atoms with van der Waals surface area (Å²) >= 11 is 4.73. The molecule has 1 unspecified atom stereocenters. The number of hydrogen-bond acceptors (Lipinski definition) is 4. The molecule has 1 aliphatic heterocycles. The second-order valence-electron chi connectivity index (χ2n) is 4.12. The van der Waals surface area contributed by atoms with Gasteiger partial charge in [-0.2, -0.15) is 0 Å². The normalized spacial score (nSPS) is 24.0. The summed E-state index contributed by atoms with van der Waals surface area (Å²) in [4.78, 5) is 24.7. The fourth-order valence-electron chi connectivity index (χ4n) is 1.86. The Bertz CT molecular complexity index is 475. The second kappa shape index (κ2) is 5.38. The third kappa shape index (κ3) is 2.90. The summed E-state index contributed by atoms with van der Waals surface area (Å²) < 4.78 is 6.15. The molecule has 1 saturated heterocycles. The van der Waals surface area contributed by atoms with Crippen LogP contribution in [0.5, 0.6) is 0 Å². The third-order valence-corrected chi connectivity index (χ3v) is 4.14. The molecule has 0 aliphatic carbocycles. The smallest absolute Gasteiger partial charge is 0.334 e. The van der Waals surface area contributed by atoms with Crippen molar-refractivity contribution >= 4 is 39.1 Å². The number of nitrogens with zero attached hydrogens (tertiary/aromatic N) is 1. The zero-order valence-electron chi connectivity index (χ0n) is 9.63. The van der Waals surface area contributed by atoms with Gasteiger partial charge in [-0.15, -0.1) is 11.3 Å². The number of rotatable bonds is 2. The molecule has 2 rings (SSSR count). The molecule has 5 nitrogen and oxygen atoms in total. The minimum absolute atomic E-state index is 0.0893. The van der Waals surface area contributed by atoms with Gasteiger partial charge in [-0.05, 0) is 28.9 Å². The Kier molecular flexibility index (Phi) is 4.04. The molecule has 1 fully saturated rings. The van der Waals surface area contributed by atoms with E-state index in [2.05, 4.69) is 15.9 Å². The molecular formula is C11H12BrNO4S. The van der Waals surface area contributed by atoms with Gasteiger partial charge >= 0.3 is 5.97 Å². The SMILES string of the molecule is C[C@@H]1CN(C(=O)c2csc(Br)c2)CC(C(=O)O)O1. The molecule has 2 heterocycles. The Hall–Kier alpha value is -0.920. The maximum atomic E-state index is 12.2. The van der Waals surface area contributed by atoms with E-state index in [1.807, 2.05) is 0 Å². The van der Waals surface area contributed by atoms with Crippen LogP contribution < -0.4 is 0 Å². The molecular weight excluding hydrogens is 322 g/mol. The average Bonchev–Trinajstić information content (AvgIpc) is 2.74. The topological polar surface area (TPSA) is 66.8 Å². The van der Waals surface area contributed by atoms with Crippen LogP contribution in [0, 0.1) is 0 Å². The van der Waals surface area contributed by atoms with E-state index in [0.29, 0.717) is 12.1 Å². The van der Waals surface area contributed by atoms with Gasteiger partial charge in [0.1, 0.15) is 0 Å². The molecule has 0 aromatic carbocycles. The Labute approximate surface area is 116 Å². The predicted octanol–water partition coefficient (Wildman–Crippen LogP) is 1.82. The van der Waals surface area contributed by atoms with Crippen molar-refractivity contribution in [3.63, 3.8) is 0 Å². The van der Waals surface area contributed by atoms with E-state index in [0.717, 1.165) is 3.79 Å². The Balaban J connectivity index is 2.12. The van der Waals surface area contributed by atoms with E-state index in [1.165, 1.54) is 16.2 Å². The molecule has 2 atom stereocenters. The largest absolute Gasteiger partial charge is 0.479 e. The maximum Gasteiger partial charge on any atom is 0.334 e. The van der Waals surface area contributed by atoms with Crippen molar-refractivity contribution in [2.24, 2.45) is 0 Å². The van der Waals surface area contributed by atoms with Gasteiger partial charge in [-0.25, -0.2) is 4.79 Å². The first-order chi connectivity index (χ1) is 8.47. The molecule has 98 valence electrons. The lowest BCUT2D eigenvalue weighted by molar-refractivity contribution is -0.160. The lowest BCUT2D eigenvalue weighted by atomic mass is 10.2. The number of halogens is 1. The molecule has 0 spiro atoms. The molecule has 1 aromatic rings. The molecule has 1 aromatic heterocycles. The lowest BCUT2D eigenvalue weighted by Crippen LogP contribution is -2.51. The summed E-state index contributed by atoms with van der Waals surface area (Å²) in [6.07, 6.45) is -1.22. The predicted molar refractivity (Wildman–Crippen MR) is 69.9 cm³/mol. The van der Waals surface area contributed by atoms with Gasteiger partial charge < -0.3 is 14.7 Å². The Morgan fingerprint density at radius 2 is 2.28 bits per heavy atom. The highest BCUT2D eigenvalue weighted by Crippen LogP contribution is 2.23. The minimum Gasteiger partial charge on any atom is -0.479 e. The summed E-state index contributed by atoms with van der Waals surface area (Å²) in [6, 6.07) is 1.74. The fourth-order valence-corrected chi connectivity index (χ4v) is 2.99.